The molecule has 1 atom stereocenters. The van der Waals surface area contributed by atoms with E-state index in [1.54, 1.807) is 12.3 Å². The average Bonchev–Trinajstić information content (AvgIpc) is 3.35. The Morgan fingerprint density at radius 1 is 1.19 bits per heavy atom. The lowest BCUT2D eigenvalue weighted by Crippen LogP contribution is -2.03. The maximum atomic E-state index is 12.4. The monoisotopic (exact) mass is 449 g/mol. The fraction of sp³-hybridized carbons (Fsp3) is 0.360. The smallest absolute Gasteiger partial charge is 0.227 e. The molecule has 166 valence electrons. The molecule has 0 aliphatic carbocycles. The van der Waals surface area contributed by atoms with Crippen molar-refractivity contribution >= 4 is 51.8 Å². The number of aromatic nitrogens is 3. The van der Waals surface area contributed by atoms with E-state index in [0.29, 0.717) is 40.8 Å². The SMILES string of the molecule is CC(C)CC(=O)c1cc2cc(Nc3nccc(C4=CC(CC(C)C)C=N4)n3)cc(Cl)c2[nH]1. The molecule has 1 unspecified atom stereocenters. The van der Waals surface area contributed by atoms with Crippen LogP contribution in [0.15, 0.2) is 41.5 Å². The molecule has 0 spiro atoms. The number of ketones is 1. The molecular formula is C25H28ClN5O. The number of carbonyl (C=O) groups excluding carboxylic acids is 1. The number of anilines is 2. The van der Waals surface area contributed by atoms with Crippen LogP contribution in [0.1, 0.15) is 56.7 Å². The Kier molecular flexibility index (Phi) is 6.42. The van der Waals surface area contributed by atoms with Crippen LogP contribution in [0.4, 0.5) is 11.6 Å². The summed E-state index contributed by atoms with van der Waals surface area (Å²) >= 11 is 6.49. The molecule has 32 heavy (non-hydrogen) atoms. The van der Waals surface area contributed by atoms with Gasteiger partial charge in [-0.25, -0.2) is 9.97 Å². The fourth-order valence-electron chi connectivity index (χ4n) is 3.88. The minimum absolute atomic E-state index is 0.0824. The second-order valence-corrected chi connectivity index (χ2v) is 9.55. The standard InChI is InChI=1S/C25H28ClN5O/c1-14(2)7-16-9-21(28-13-16)20-5-6-27-25(31-20)29-18-10-17-11-22(23(32)8-15(3)4)30-24(17)19(26)12-18/h5-6,9-16,30H,7-8H2,1-4H3,(H,27,29,31). The van der Waals surface area contributed by atoms with Gasteiger partial charge in [-0.1, -0.05) is 39.3 Å². The van der Waals surface area contributed by atoms with Gasteiger partial charge in [0, 0.05) is 35.8 Å². The molecule has 4 rings (SSSR count). The normalized spacial score (nSPS) is 15.7. The van der Waals surface area contributed by atoms with Crippen molar-refractivity contribution in [3.63, 3.8) is 0 Å². The van der Waals surface area contributed by atoms with Crippen LogP contribution in [0.2, 0.25) is 5.02 Å². The van der Waals surface area contributed by atoms with Crippen molar-refractivity contribution in [1.82, 2.24) is 15.0 Å². The van der Waals surface area contributed by atoms with E-state index in [-0.39, 0.29) is 5.78 Å². The first-order valence-electron chi connectivity index (χ1n) is 11.0. The van der Waals surface area contributed by atoms with Gasteiger partial charge in [0.2, 0.25) is 5.95 Å². The summed E-state index contributed by atoms with van der Waals surface area (Å²) in [7, 11) is 0. The topological polar surface area (TPSA) is 83.0 Å². The van der Waals surface area contributed by atoms with Crippen LogP contribution in [-0.4, -0.2) is 26.9 Å². The Hall–Kier alpha value is -2.99. The predicted molar refractivity (Wildman–Crippen MR) is 132 cm³/mol. The maximum Gasteiger partial charge on any atom is 0.227 e. The van der Waals surface area contributed by atoms with Crippen LogP contribution in [-0.2, 0) is 0 Å². The van der Waals surface area contributed by atoms with E-state index >= 15 is 0 Å². The molecule has 3 heterocycles. The molecule has 1 aliphatic heterocycles. The lowest BCUT2D eigenvalue weighted by atomic mass is 9.98. The van der Waals surface area contributed by atoms with Crippen molar-refractivity contribution in [3.05, 3.63) is 52.9 Å². The molecular weight excluding hydrogens is 422 g/mol. The number of carbonyl (C=O) groups is 1. The van der Waals surface area contributed by atoms with E-state index in [9.17, 15) is 4.79 Å². The van der Waals surface area contributed by atoms with E-state index in [1.807, 2.05) is 38.3 Å². The van der Waals surface area contributed by atoms with Gasteiger partial charge in [0.05, 0.1) is 27.6 Å². The zero-order valence-electron chi connectivity index (χ0n) is 18.8. The van der Waals surface area contributed by atoms with Gasteiger partial charge in [0.25, 0.3) is 0 Å². The van der Waals surface area contributed by atoms with Crippen molar-refractivity contribution in [2.75, 3.05) is 5.32 Å². The van der Waals surface area contributed by atoms with Crippen molar-refractivity contribution in [2.45, 2.75) is 40.5 Å². The van der Waals surface area contributed by atoms with Crippen LogP contribution in [0, 0.1) is 17.8 Å². The Morgan fingerprint density at radius 2 is 2.00 bits per heavy atom. The van der Waals surface area contributed by atoms with Crippen molar-refractivity contribution in [1.29, 1.82) is 0 Å². The van der Waals surface area contributed by atoms with Crippen molar-refractivity contribution in [3.8, 4) is 0 Å². The number of halogens is 1. The highest BCUT2D eigenvalue weighted by Gasteiger charge is 2.16. The maximum absolute atomic E-state index is 12.4. The van der Waals surface area contributed by atoms with Gasteiger partial charge in [0.15, 0.2) is 5.78 Å². The van der Waals surface area contributed by atoms with Crippen LogP contribution in [0.25, 0.3) is 16.6 Å². The third-order valence-corrected chi connectivity index (χ3v) is 5.57. The number of hydrogen-bond donors (Lipinski definition) is 2. The van der Waals surface area contributed by atoms with Crippen molar-refractivity contribution < 1.29 is 4.79 Å². The molecule has 7 heteroatoms. The van der Waals surface area contributed by atoms with Gasteiger partial charge in [-0.15, -0.1) is 0 Å². The summed E-state index contributed by atoms with van der Waals surface area (Å²) in [5, 5.41) is 4.63. The molecule has 3 aromatic rings. The summed E-state index contributed by atoms with van der Waals surface area (Å²) < 4.78 is 0. The molecule has 2 aromatic heterocycles. The summed E-state index contributed by atoms with van der Waals surface area (Å²) in [5.41, 5.74) is 3.73. The lowest BCUT2D eigenvalue weighted by Gasteiger charge is -2.08. The number of aliphatic imine (C=N–C) groups is 1. The molecule has 0 saturated carbocycles. The summed E-state index contributed by atoms with van der Waals surface area (Å²) in [6.07, 6.45) is 7.43. The Balaban J connectivity index is 1.56. The molecule has 0 radical (unpaired) electrons. The molecule has 0 fully saturated rings. The minimum atomic E-state index is 0.0824. The van der Waals surface area contributed by atoms with Gasteiger partial charge in [-0.05, 0) is 48.6 Å². The molecule has 1 aromatic carbocycles. The van der Waals surface area contributed by atoms with E-state index in [0.717, 1.165) is 34.4 Å². The zero-order chi connectivity index (χ0) is 22.8. The first-order valence-corrected chi connectivity index (χ1v) is 11.4. The third kappa shape index (κ3) is 5.07. The van der Waals surface area contributed by atoms with Crippen molar-refractivity contribution in [2.24, 2.45) is 22.7 Å². The van der Waals surface area contributed by atoms with E-state index < -0.39 is 0 Å². The summed E-state index contributed by atoms with van der Waals surface area (Å²) in [6.45, 7) is 8.48. The van der Waals surface area contributed by atoms with E-state index in [1.165, 1.54) is 0 Å². The number of H-pyrrole nitrogens is 1. The van der Waals surface area contributed by atoms with Gasteiger partial charge in [0.1, 0.15) is 0 Å². The number of hydrogen-bond acceptors (Lipinski definition) is 5. The highest BCUT2D eigenvalue weighted by atomic mass is 35.5. The van der Waals surface area contributed by atoms with Gasteiger partial charge >= 0.3 is 0 Å². The second-order valence-electron chi connectivity index (χ2n) is 9.14. The van der Waals surface area contributed by atoms with E-state index in [2.05, 4.69) is 45.2 Å². The number of allylic oxidation sites excluding steroid dienone is 1. The molecule has 6 nitrogen and oxygen atoms in total. The molecule has 0 amide bonds. The third-order valence-electron chi connectivity index (χ3n) is 5.27. The van der Waals surface area contributed by atoms with E-state index in [4.69, 9.17) is 11.6 Å². The van der Waals surface area contributed by atoms with Gasteiger partial charge < -0.3 is 10.3 Å². The number of benzene rings is 1. The quantitative estimate of drug-likeness (QED) is 0.376. The van der Waals surface area contributed by atoms with Crippen LogP contribution in [0.3, 0.4) is 0 Å². The van der Waals surface area contributed by atoms with Gasteiger partial charge in [-0.2, -0.15) is 0 Å². The summed E-state index contributed by atoms with van der Waals surface area (Å²) in [5.74, 6) is 1.80. The van der Waals surface area contributed by atoms with Crippen LogP contribution < -0.4 is 5.32 Å². The highest BCUT2D eigenvalue weighted by Crippen LogP contribution is 2.30. The molecule has 2 N–H and O–H groups in total. The largest absolute Gasteiger partial charge is 0.351 e. The first-order chi connectivity index (χ1) is 15.3. The summed E-state index contributed by atoms with van der Waals surface area (Å²) in [6, 6.07) is 7.45. The fourth-order valence-corrected chi connectivity index (χ4v) is 4.16. The number of nitrogens with one attached hydrogen (secondary N) is 2. The summed E-state index contributed by atoms with van der Waals surface area (Å²) in [4.78, 5) is 29.1. The highest BCUT2D eigenvalue weighted by molar-refractivity contribution is 6.35. The Bertz CT molecular complexity index is 1210. The number of fused-ring (bicyclic) bond motifs is 1. The molecule has 1 aliphatic rings. The lowest BCUT2D eigenvalue weighted by molar-refractivity contribution is 0.0964. The number of rotatable bonds is 8. The predicted octanol–water partition coefficient (Wildman–Crippen LogP) is 6.67. The molecule has 0 saturated heterocycles. The van der Waals surface area contributed by atoms with Gasteiger partial charge in [-0.3, -0.25) is 9.79 Å². The average molecular weight is 450 g/mol. The Morgan fingerprint density at radius 3 is 2.75 bits per heavy atom. The Labute approximate surface area is 193 Å². The zero-order valence-corrected chi connectivity index (χ0v) is 19.6. The number of nitrogens with zero attached hydrogens (tertiary/aromatic N) is 3. The number of Topliss-reactive ketones (excluding diaryl/α,β-unsaturated/α-hetero) is 1. The first kappa shape index (κ1) is 22.2. The molecule has 0 bridgehead atoms. The number of aromatic amines is 1. The van der Waals surface area contributed by atoms with Crippen LogP contribution in [0.5, 0.6) is 0 Å². The second kappa shape index (κ2) is 9.25. The minimum Gasteiger partial charge on any atom is -0.351 e. The van der Waals surface area contributed by atoms with Crippen LogP contribution >= 0.6 is 11.6 Å².